The van der Waals surface area contributed by atoms with Crippen LogP contribution in [0.3, 0.4) is 0 Å². The van der Waals surface area contributed by atoms with Gasteiger partial charge >= 0.3 is 5.97 Å². The van der Waals surface area contributed by atoms with Crippen LogP contribution in [0.5, 0.6) is 0 Å². The van der Waals surface area contributed by atoms with Gasteiger partial charge in [-0.3, -0.25) is 4.79 Å². The van der Waals surface area contributed by atoms with Gasteiger partial charge in [0, 0.05) is 6.54 Å². The van der Waals surface area contributed by atoms with Gasteiger partial charge in [0.1, 0.15) is 5.75 Å². The van der Waals surface area contributed by atoms with Gasteiger partial charge in [-0.05, 0) is 24.5 Å². The van der Waals surface area contributed by atoms with Crippen LogP contribution in [0.1, 0.15) is 30.6 Å². The van der Waals surface area contributed by atoms with Crippen LogP contribution in [-0.2, 0) is 14.6 Å². The Morgan fingerprint density at radius 3 is 2.43 bits per heavy atom. The van der Waals surface area contributed by atoms with Crippen molar-refractivity contribution >= 4 is 21.7 Å². The maximum atomic E-state index is 12.1. The van der Waals surface area contributed by atoms with Crippen LogP contribution in [0.2, 0.25) is 0 Å². The highest BCUT2D eigenvalue weighted by atomic mass is 32.2. The molecule has 0 heterocycles. The van der Waals surface area contributed by atoms with Gasteiger partial charge in [0.15, 0.2) is 9.84 Å². The average Bonchev–Trinajstić information content (AvgIpc) is 2.37. The molecule has 2 N–H and O–H groups in total. The molecule has 1 rings (SSSR count). The summed E-state index contributed by atoms with van der Waals surface area (Å²) in [6.45, 7) is 4.38. The summed E-state index contributed by atoms with van der Waals surface area (Å²) in [7, 11) is -3.98. The van der Waals surface area contributed by atoms with Crippen molar-refractivity contribution in [3.63, 3.8) is 0 Å². The SMILES string of the molecule is CC(C)CCNC(=O)CS(=O)(=O)c1ccccc1C(=O)O. The molecular weight excluding hydrogens is 294 g/mol. The number of aromatic carboxylic acids is 1. The van der Waals surface area contributed by atoms with Crippen LogP contribution in [0, 0.1) is 5.92 Å². The van der Waals surface area contributed by atoms with E-state index >= 15 is 0 Å². The van der Waals surface area contributed by atoms with Crippen LogP contribution in [0.4, 0.5) is 0 Å². The van der Waals surface area contributed by atoms with Crippen molar-refractivity contribution in [1.82, 2.24) is 5.32 Å². The highest BCUT2D eigenvalue weighted by molar-refractivity contribution is 7.92. The van der Waals surface area contributed by atoms with E-state index in [2.05, 4.69) is 5.32 Å². The number of hydrogen-bond donors (Lipinski definition) is 2. The number of rotatable bonds is 7. The Labute approximate surface area is 124 Å². The summed E-state index contributed by atoms with van der Waals surface area (Å²) < 4.78 is 24.3. The van der Waals surface area contributed by atoms with Gasteiger partial charge in [0.25, 0.3) is 0 Å². The van der Waals surface area contributed by atoms with Crippen molar-refractivity contribution in [1.29, 1.82) is 0 Å². The van der Waals surface area contributed by atoms with E-state index in [1.165, 1.54) is 24.3 Å². The fraction of sp³-hybridized carbons (Fsp3) is 0.429. The molecule has 6 nitrogen and oxygen atoms in total. The van der Waals surface area contributed by atoms with E-state index in [9.17, 15) is 18.0 Å². The van der Waals surface area contributed by atoms with E-state index in [1.54, 1.807) is 0 Å². The maximum Gasteiger partial charge on any atom is 0.337 e. The van der Waals surface area contributed by atoms with Gasteiger partial charge < -0.3 is 10.4 Å². The molecule has 0 atom stereocenters. The molecule has 7 heteroatoms. The highest BCUT2D eigenvalue weighted by Crippen LogP contribution is 2.17. The van der Waals surface area contributed by atoms with E-state index in [0.29, 0.717) is 12.5 Å². The molecule has 0 radical (unpaired) electrons. The zero-order chi connectivity index (χ0) is 16.0. The molecule has 1 aromatic carbocycles. The smallest absolute Gasteiger partial charge is 0.337 e. The molecular formula is C14H19NO5S. The van der Waals surface area contributed by atoms with Crippen molar-refractivity contribution < 1.29 is 23.1 Å². The summed E-state index contributed by atoms with van der Waals surface area (Å²) in [5, 5.41) is 11.5. The van der Waals surface area contributed by atoms with Crippen LogP contribution in [-0.4, -0.2) is 37.7 Å². The first-order valence-corrected chi connectivity index (χ1v) is 8.21. The number of carbonyl (C=O) groups is 2. The minimum absolute atomic E-state index is 0.326. The van der Waals surface area contributed by atoms with E-state index in [1.807, 2.05) is 13.8 Å². The fourth-order valence-electron chi connectivity index (χ4n) is 1.72. The zero-order valence-electron chi connectivity index (χ0n) is 12.0. The molecule has 0 unspecified atom stereocenters. The number of carbonyl (C=O) groups excluding carboxylic acids is 1. The van der Waals surface area contributed by atoms with Gasteiger partial charge in [-0.2, -0.15) is 0 Å². The Hall–Kier alpha value is -1.89. The molecule has 0 aliphatic carbocycles. The van der Waals surface area contributed by atoms with E-state index in [-0.39, 0.29) is 10.5 Å². The summed E-state index contributed by atoms with van der Waals surface area (Å²) in [4.78, 5) is 22.4. The maximum absolute atomic E-state index is 12.1. The van der Waals surface area contributed by atoms with Crippen LogP contribution >= 0.6 is 0 Å². The first-order valence-electron chi connectivity index (χ1n) is 6.56. The third-order valence-electron chi connectivity index (χ3n) is 2.82. The molecule has 0 saturated carbocycles. The highest BCUT2D eigenvalue weighted by Gasteiger charge is 2.24. The molecule has 0 saturated heterocycles. The lowest BCUT2D eigenvalue weighted by Crippen LogP contribution is -2.32. The number of nitrogens with one attached hydrogen (secondary N) is 1. The number of carboxylic acids is 1. The quantitative estimate of drug-likeness (QED) is 0.790. The zero-order valence-corrected chi connectivity index (χ0v) is 12.8. The normalized spacial score (nSPS) is 11.4. The molecule has 0 spiro atoms. The molecule has 1 aromatic rings. The van der Waals surface area contributed by atoms with Gasteiger partial charge in [-0.1, -0.05) is 26.0 Å². The Kier molecular flexibility index (Phi) is 5.90. The fourth-order valence-corrected chi connectivity index (χ4v) is 3.10. The lowest BCUT2D eigenvalue weighted by molar-refractivity contribution is -0.118. The topological polar surface area (TPSA) is 101 Å². The number of benzene rings is 1. The Balaban J connectivity index is 2.83. The summed E-state index contributed by atoms with van der Waals surface area (Å²) in [6, 6.07) is 5.26. The average molecular weight is 313 g/mol. The summed E-state index contributed by atoms with van der Waals surface area (Å²) >= 11 is 0. The summed E-state index contributed by atoms with van der Waals surface area (Å²) in [5.74, 6) is -2.32. The Morgan fingerprint density at radius 1 is 1.24 bits per heavy atom. The minimum Gasteiger partial charge on any atom is -0.478 e. The third kappa shape index (κ3) is 5.18. The second-order valence-electron chi connectivity index (χ2n) is 5.09. The van der Waals surface area contributed by atoms with Gasteiger partial charge in [-0.25, -0.2) is 13.2 Å². The molecule has 0 fully saturated rings. The molecule has 116 valence electrons. The second kappa shape index (κ2) is 7.21. The van der Waals surface area contributed by atoms with E-state index in [4.69, 9.17) is 5.11 Å². The van der Waals surface area contributed by atoms with Crippen molar-refractivity contribution in [2.45, 2.75) is 25.2 Å². The number of hydrogen-bond acceptors (Lipinski definition) is 4. The number of amides is 1. The summed E-state index contributed by atoms with van der Waals surface area (Å²) in [6.07, 6.45) is 0.748. The van der Waals surface area contributed by atoms with Gasteiger partial charge in [0.2, 0.25) is 5.91 Å². The molecule has 0 aromatic heterocycles. The molecule has 0 bridgehead atoms. The van der Waals surface area contributed by atoms with Crippen molar-refractivity contribution in [2.24, 2.45) is 5.92 Å². The predicted octanol–water partition coefficient (Wildman–Crippen LogP) is 1.32. The number of carboxylic acid groups (broad SMARTS) is 1. The van der Waals surface area contributed by atoms with Crippen LogP contribution in [0.15, 0.2) is 29.2 Å². The first kappa shape index (κ1) is 17.2. The van der Waals surface area contributed by atoms with Gasteiger partial charge in [-0.15, -0.1) is 0 Å². The van der Waals surface area contributed by atoms with E-state index in [0.717, 1.165) is 6.42 Å². The summed E-state index contributed by atoms with van der Waals surface area (Å²) in [5.41, 5.74) is -0.326. The molecule has 21 heavy (non-hydrogen) atoms. The molecule has 0 aliphatic rings. The molecule has 1 amide bonds. The lowest BCUT2D eigenvalue weighted by Gasteiger charge is -2.09. The van der Waals surface area contributed by atoms with Crippen molar-refractivity contribution in [2.75, 3.05) is 12.3 Å². The van der Waals surface area contributed by atoms with Crippen LogP contribution < -0.4 is 5.32 Å². The van der Waals surface area contributed by atoms with Crippen molar-refractivity contribution in [3.05, 3.63) is 29.8 Å². The molecule has 0 aliphatic heterocycles. The Morgan fingerprint density at radius 2 is 1.86 bits per heavy atom. The first-order chi connectivity index (χ1) is 9.74. The van der Waals surface area contributed by atoms with Crippen LogP contribution in [0.25, 0.3) is 0 Å². The van der Waals surface area contributed by atoms with Crippen molar-refractivity contribution in [3.8, 4) is 0 Å². The van der Waals surface area contributed by atoms with Gasteiger partial charge in [0.05, 0.1) is 10.5 Å². The largest absolute Gasteiger partial charge is 0.478 e. The lowest BCUT2D eigenvalue weighted by atomic mass is 10.1. The third-order valence-corrected chi connectivity index (χ3v) is 4.49. The van der Waals surface area contributed by atoms with E-state index < -0.39 is 27.5 Å². The standard InChI is InChI=1S/C14H19NO5S/c1-10(2)7-8-15-13(16)9-21(19,20)12-6-4-3-5-11(12)14(17)18/h3-6,10H,7-9H2,1-2H3,(H,15,16)(H,17,18). The number of sulfone groups is 1. The minimum atomic E-state index is -3.98. The monoisotopic (exact) mass is 313 g/mol. The second-order valence-corrected chi connectivity index (χ2v) is 7.05. The Bertz CT molecular complexity index is 622. The predicted molar refractivity (Wildman–Crippen MR) is 77.9 cm³/mol.